The Bertz CT molecular complexity index is 414. The fourth-order valence-electron chi connectivity index (χ4n) is 0.800. The number of anilines is 1. The summed E-state index contributed by atoms with van der Waals surface area (Å²) in [6.07, 6.45) is 0.996. The third kappa shape index (κ3) is 2.90. The van der Waals surface area contributed by atoms with Crippen LogP contribution in [0.25, 0.3) is 0 Å². The van der Waals surface area contributed by atoms with Crippen molar-refractivity contribution in [2.45, 2.75) is 6.92 Å². The second kappa shape index (κ2) is 3.21. The van der Waals surface area contributed by atoms with E-state index in [0.29, 0.717) is 5.69 Å². The molecule has 0 aliphatic heterocycles. The van der Waals surface area contributed by atoms with Gasteiger partial charge in [0.25, 0.3) is 0 Å². The van der Waals surface area contributed by atoms with Crippen molar-refractivity contribution in [2.75, 3.05) is 11.0 Å². The summed E-state index contributed by atoms with van der Waals surface area (Å²) in [5.41, 5.74) is 0.629. The van der Waals surface area contributed by atoms with Crippen molar-refractivity contribution in [3.8, 4) is 5.75 Å². The largest absolute Gasteiger partial charge is 0.504 e. The quantitative estimate of drug-likeness (QED) is 0.730. The van der Waals surface area contributed by atoms with Gasteiger partial charge in [-0.3, -0.25) is 4.72 Å². The van der Waals surface area contributed by atoms with Gasteiger partial charge in [0.15, 0.2) is 11.6 Å². The molecule has 0 saturated heterocycles. The number of hydrogen-bond acceptors (Lipinski definition) is 4. The first-order chi connectivity index (χ1) is 5.88. The smallest absolute Gasteiger partial charge is 0.231 e. The van der Waals surface area contributed by atoms with E-state index in [1.165, 1.54) is 6.07 Å². The molecule has 0 unspecified atom stereocenters. The molecule has 0 fully saturated rings. The molecule has 2 N–H and O–H groups in total. The molecule has 1 heterocycles. The van der Waals surface area contributed by atoms with Crippen LogP contribution in [0.15, 0.2) is 12.1 Å². The van der Waals surface area contributed by atoms with E-state index in [1.807, 2.05) is 0 Å². The van der Waals surface area contributed by atoms with Crippen LogP contribution in [-0.4, -0.2) is 24.8 Å². The summed E-state index contributed by atoms with van der Waals surface area (Å²) in [5, 5.41) is 9.21. The van der Waals surface area contributed by atoms with Crippen LogP contribution >= 0.6 is 0 Å². The Kier molecular flexibility index (Phi) is 2.42. The van der Waals surface area contributed by atoms with Crippen molar-refractivity contribution in [3.63, 3.8) is 0 Å². The Morgan fingerprint density at radius 2 is 2.08 bits per heavy atom. The SMILES string of the molecule is Cc1ccc(O)c(NS(C)(=O)=O)n1. The standard InChI is InChI=1S/C7H10N2O3S/c1-5-3-4-6(10)7(8-5)9-13(2,11)12/h3-4,10H,1-2H3,(H,8,9). The average Bonchev–Trinajstić information content (AvgIpc) is 1.94. The normalized spacial score (nSPS) is 11.2. The maximum Gasteiger partial charge on any atom is 0.231 e. The van der Waals surface area contributed by atoms with Crippen molar-refractivity contribution in [1.29, 1.82) is 0 Å². The van der Waals surface area contributed by atoms with Gasteiger partial charge in [0.05, 0.1) is 6.26 Å². The van der Waals surface area contributed by atoms with Gasteiger partial charge < -0.3 is 5.11 Å². The Labute approximate surface area is 76.5 Å². The minimum Gasteiger partial charge on any atom is -0.504 e. The van der Waals surface area contributed by atoms with E-state index in [4.69, 9.17) is 0 Å². The van der Waals surface area contributed by atoms with E-state index >= 15 is 0 Å². The molecule has 0 atom stereocenters. The zero-order valence-corrected chi connectivity index (χ0v) is 8.09. The summed E-state index contributed by atoms with van der Waals surface area (Å²) < 4.78 is 23.7. The van der Waals surface area contributed by atoms with Gasteiger partial charge in [0.1, 0.15) is 0 Å². The van der Waals surface area contributed by atoms with E-state index in [1.54, 1.807) is 13.0 Å². The molecule has 0 aromatic carbocycles. The van der Waals surface area contributed by atoms with Crippen LogP contribution in [0.3, 0.4) is 0 Å². The molecule has 1 aromatic rings. The molecule has 0 aliphatic rings. The molecule has 72 valence electrons. The number of rotatable bonds is 2. The van der Waals surface area contributed by atoms with E-state index in [2.05, 4.69) is 9.71 Å². The van der Waals surface area contributed by atoms with Crippen molar-refractivity contribution in [3.05, 3.63) is 17.8 Å². The Balaban J connectivity index is 3.08. The van der Waals surface area contributed by atoms with E-state index < -0.39 is 10.0 Å². The number of nitrogens with zero attached hydrogens (tertiary/aromatic N) is 1. The van der Waals surface area contributed by atoms with Crippen LogP contribution in [0, 0.1) is 6.92 Å². The molecular weight excluding hydrogens is 192 g/mol. The number of hydrogen-bond donors (Lipinski definition) is 2. The average molecular weight is 202 g/mol. The lowest BCUT2D eigenvalue weighted by Gasteiger charge is -2.05. The Morgan fingerprint density at radius 1 is 1.46 bits per heavy atom. The highest BCUT2D eigenvalue weighted by molar-refractivity contribution is 7.92. The fourth-order valence-corrected chi connectivity index (χ4v) is 1.30. The topological polar surface area (TPSA) is 79.3 Å². The van der Waals surface area contributed by atoms with Crippen molar-refractivity contribution >= 4 is 15.8 Å². The maximum atomic E-state index is 10.8. The molecule has 5 nitrogen and oxygen atoms in total. The van der Waals surface area contributed by atoms with Gasteiger partial charge >= 0.3 is 0 Å². The van der Waals surface area contributed by atoms with E-state index in [-0.39, 0.29) is 11.6 Å². The summed E-state index contributed by atoms with van der Waals surface area (Å²) in [5.74, 6) is -0.224. The van der Waals surface area contributed by atoms with Gasteiger partial charge in [-0.05, 0) is 19.1 Å². The van der Waals surface area contributed by atoms with Gasteiger partial charge in [0, 0.05) is 5.69 Å². The van der Waals surface area contributed by atoms with Crippen LogP contribution in [-0.2, 0) is 10.0 Å². The predicted octanol–water partition coefficient (Wildman–Crippen LogP) is 0.467. The number of nitrogens with one attached hydrogen (secondary N) is 1. The molecule has 1 rings (SSSR count). The predicted molar refractivity (Wildman–Crippen MR) is 49.1 cm³/mol. The lowest BCUT2D eigenvalue weighted by molar-refractivity contribution is 0.475. The van der Waals surface area contributed by atoms with Crippen molar-refractivity contribution in [2.24, 2.45) is 0 Å². The van der Waals surface area contributed by atoms with Crippen LogP contribution in [0.5, 0.6) is 5.75 Å². The zero-order chi connectivity index (χ0) is 10.1. The first kappa shape index (κ1) is 9.79. The summed E-state index contributed by atoms with van der Waals surface area (Å²) in [4.78, 5) is 3.82. The monoisotopic (exact) mass is 202 g/mol. The molecule has 1 aromatic heterocycles. The highest BCUT2D eigenvalue weighted by atomic mass is 32.2. The molecule has 0 amide bonds. The first-order valence-electron chi connectivity index (χ1n) is 3.53. The van der Waals surface area contributed by atoms with Crippen LogP contribution in [0.2, 0.25) is 0 Å². The maximum absolute atomic E-state index is 10.8. The second-order valence-electron chi connectivity index (χ2n) is 2.69. The summed E-state index contributed by atoms with van der Waals surface area (Å²) in [7, 11) is -3.39. The molecule has 0 bridgehead atoms. The molecular formula is C7H10N2O3S. The Hall–Kier alpha value is -1.30. The minimum absolute atomic E-state index is 0.0394. The third-order valence-electron chi connectivity index (χ3n) is 1.30. The number of aromatic hydroxyl groups is 1. The van der Waals surface area contributed by atoms with Gasteiger partial charge in [-0.2, -0.15) is 0 Å². The van der Waals surface area contributed by atoms with E-state index in [0.717, 1.165) is 6.26 Å². The fraction of sp³-hybridized carbons (Fsp3) is 0.286. The number of pyridine rings is 1. The van der Waals surface area contributed by atoms with Gasteiger partial charge in [-0.1, -0.05) is 0 Å². The van der Waals surface area contributed by atoms with Crippen LogP contribution in [0.1, 0.15) is 5.69 Å². The van der Waals surface area contributed by atoms with Gasteiger partial charge in [-0.25, -0.2) is 13.4 Å². The molecule has 0 saturated carbocycles. The third-order valence-corrected chi connectivity index (χ3v) is 1.86. The lowest BCUT2D eigenvalue weighted by atomic mass is 10.3. The highest BCUT2D eigenvalue weighted by Crippen LogP contribution is 2.20. The van der Waals surface area contributed by atoms with Crippen molar-refractivity contribution < 1.29 is 13.5 Å². The van der Waals surface area contributed by atoms with E-state index in [9.17, 15) is 13.5 Å². The molecule has 6 heteroatoms. The van der Waals surface area contributed by atoms with Gasteiger partial charge in [0.2, 0.25) is 10.0 Å². The summed E-state index contributed by atoms with van der Waals surface area (Å²) in [6, 6.07) is 2.97. The van der Waals surface area contributed by atoms with Gasteiger partial charge in [-0.15, -0.1) is 0 Å². The number of aryl methyl sites for hydroxylation is 1. The number of sulfonamides is 1. The lowest BCUT2D eigenvalue weighted by Crippen LogP contribution is -2.11. The first-order valence-corrected chi connectivity index (χ1v) is 5.42. The summed E-state index contributed by atoms with van der Waals surface area (Å²) in [6.45, 7) is 1.70. The molecule has 0 spiro atoms. The zero-order valence-electron chi connectivity index (χ0n) is 7.27. The van der Waals surface area contributed by atoms with Crippen LogP contribution < -0.4 is 4.72 Å². The number of aromatic nitrogens is 1. The van der Waals surface area contributed by atoms with Crippen LogP contribution in [0.4, 0.5) is 5.82 Å². The second-order valence-corrected chi connectivity index (χ2v) is 4.44. The minimum atomic E-state index is -3.39. The molecule has 0 radical (unpaired) electrons. The Morgan fingerprint density at radius 3 is 2.62 bits per heavy atom. The highest BCUT2D eigenvalue weighted by Gasteiger charge is 2.07. The molecule has 0 aliphatic carbocycles. The molecule has 13 heavy (non-hydrogen) atoms. The summed E-state index contributed by atoms with van der Waals surface area (Å²) >= 11 is 0. The van der Waals surface area contributed by atoms with Crippen molar-refractivity contribution in [1.82, 2.24) is 4.98 Å².